The van der Waals surface area contributed by atoms with E-state index in [1.54, 1.807) is 12.1 Å². The minimum atomic E-state index is -0.165. The lowest BCUT2D eigenvalue weighted by Gasteiger charge is -2.26. The van der Waals surface area contributed by atoms with Crippen LogP contribution in [0.3, 0.4) is 0 Å². The molecule has 2 nitrogen and oxygen atoms in total. The molecule has 3 heteroatoms. The fourth-order valence-electron chi connectivity index (χ4n) is 1.86. The Kier molecular flexibility index (Phi) is 5.76. The second-order valence-electron chi connectivity index (χ2n) is 5.68. The van der Waals surface area contributed by atoms with Crippen molar-refractivity contribution < 1.29 is 4.39 Å². The van der Waals surface area contributed by atoms with Crippen LogP contribution in [-0.4, -0.2) is 25.7 Å². The lowest BCUT2D eigenvalue weighted by atomic mass is 9.84. The summed E-state index contributed by atoms with van der Waals surface area (Å²) in [6.07, 6.45) is 0. The van der Waals surface area contributed by atoms with Crippen molar-refractivity contribution in [3.05, 3.63) is 35.6 Å². The Balaban J connectivity index is 2.40. The first-order valence-corrected chi connectivity index (χ1v) is 6.62. The maximum Gasteiger partial charge on any atom is 0.123 e. The lowest BCUT2D eigenvalue weighted by molar-refractivity contribution is 0.456. The van der Waals surface area contributed by atoms with E-state index in [1.807, 2.05) is 6.07 Å². The molecule has 102 valence electrons. The van der Waals surface area contributed by atoms with E-state index < -0.39 is 0 Å². The van der Waals surface area contributed by atoms with Crippen LogP contribution in [0.15, 0.2) is 24.3 Å². The number of benzene rings is 1. The topological polar surface area (TPSA) is 24.1 Å². The maximum atomic E-state index is 13.2. The van der Waals surface area contributed by atoms with Crippen molar-refractivity contribution in [1.82, 2.24) is 10.6 Å². The van der Waals surface area contributed by atoms with Crippen LogP contribution in [0, 0.1) is 5.82 Å². The van der Waals surface area contributed by atoms with Crippen molar-refractivity contribution in [1.29, 1.82) is 0 Å². The molecule has 1 rings (SSSR count). The van der Waals surface area contributed by atoms with Gasteiger partial charge in [0.25, 0.3) is 0 Å². The standard InChI is InChI=1S/C15H25FN2/c1-12(2)18-9-8-17-11-15(3,4)13-6-5-7-14(16)10-13/h5-7,10,12,17-18H,8-9,11H2,1-4H3. The number of rotatable bonds is 7. The first-order valence-electron chi connectivity index (χ1n) is 6.62. The highest BCUT2D eigenvalue weighted by molar-refractivity contribution is 5.24. The van der Waals surface area contributed by atoms with Gasteiger partial charge in [-0.15, -0.1) is 0 Å². The van der Waals surface area contributed by atoms with E-state index in [1.165, 1.54) is 6.07 Å². The minimum absolute atomic E-state index is 0.0556. The van der Waals surface area contributed by atoms with Gasteiger partial charge in [-0.1, -0.05) is 39.8 Å². The number of hydrogen-bond acceptors (Lipinski definition) is 2. The van der Waals surface area contributed by atoms with Crippen LogP contribution in [0.5, 0.6) is 0 Å². The fourth-order valence-corrected chi connectivity index (χ4v) is 1.86. The van der Waals surface area contributed by atoms with Crippen LogP contribution in [0.25, 0.3) is 0 Å². The summed E-state index contributed by atoms with van der Waals surface area (Å²) in [4.78, 5) is 0. The molecule has 0 unspecified atom stereocenters. The molecule has 0 spiro atoms. The second-order valence-corrected chi connectivity index (χ2v) is 5.68. The third-order valence-electron chi connectivity index (χ3n) is 3.03. The Morgan fingerprint density at radius 3 is 2.56 bits per heavy atom. The summed E-state index contributed by atoms with van der Waals surface area (Å²) in [6, 6.07) is 7.38. The summed E-state index contributed by atoms with van der Waals surface area (Å²) >= 11 is 0. The fraction of sp³-hybridized carbons (Fsp3) is 0.600. The molecule has 0 saturated carbocycles. The molecule has 1 aromatic rings. The predicted octanol–water partition coefficient (Wildman–Crippen LogP) is 2.69. The zero-order valence-electron chi connectivity index (χ0n) is 11.9. The highest BCUT2D eigenvalue weighted by Crippen LogP contribution is 2.22. The van der Waals surface area contributed by atoms with Gasteiger partial charge < -0.3 is 10.6 Å². The van der Waals surface area contributed by atoms with Gasteiger partial charge in [-0.2, -0.15) is 0 Å². The molecule has 0 aliphatic carbocycles. The van der Waals surface area contributed by atoms with Crippen molar-refractivity contribution in [3.63, 3.8) is 0 Å². The molecule has 0 heterocycles. The largest absolute Gasteiger partial charge is 0.315 e. The molecule has 0 fully saturated rings. The minimum Gasteiger partial charge on any atom is -0.315 e. The average molecular weight is 252 g/mol. The van der Waals surface area contributed by atoms with Crippen molar-refractivity contribution in [2.24, 2.45) is 0 Å². The van der Waals surface area contributed by atoms with Gasteiger partial charge in [-0.25, -0.2) is 4.39 Å². The first kappa shape index (κ1) is 15.1. The summed E-state index contributed by atoms with van der Waals surface area (Å²) in [5, 5.41) is 6.77. The third kappa shape index (κ3) is 5.15. The Labute approximate surface area is 110 Å². The van der Waals surface area contributed by atoms with E-state index in [9.17, 15) is 4.39 Å². The summed E-state index contributed by atoms with van der Waals surface area (Å²) in [7, 11) is 0. The first-order chi connectivity index (χ1) is 8.42. The van der Waals surface area contributed by atoms with E-state index in [-0.39, 0.29) is 11.2 Å². The number of nitrogens with one attached hydrogen (secondary N) is 2. The van der Waals surface area contributed by atoms with Gasteiger partial charge in [0.2, 0.25) is 0 Å². The van der Waals surface area contributed by atoms with Gasteiger partial charge in [-0.05, 0) is 17.7 Å². The molecular weight excluding hydrogens is 227 g/mol. The van der Waals surface area contributed by atoms with Gasteiger partial charge in [0.15, 0.2) is 0 Å². The molecule has 0 aliphatic heterocycles. The van der Waals surface area contributed by atoms with Gasteiger partial charge in [0, 0.05) is 31.1 Å². The summed E-state index contributed by atoms with van der Waals surface area (Å²) in [5.41, 5.74) is 0.978. The predicted molar refractivity (Wildman–Crippen MR) is 75.4 cm³/mol. The molecule has 18 heavy (non-hydrogen) atoms. The monoisotopic (exact) mass is 252 g/mol. The van der Waals surface area contributed by atoms with Gasteiger partial charge >= 0.3 is 0 Å². The Morgan fingerprint density at radius 2 is 1.94 bits per heavy atom. The normalized spacial score (nSPS) is 12.1. The summed E-state index contributed by atoms with van der Waals surface area (Å²) < 4.78 is 13.2. The quantitative estimate of drug-likeness (QED) is 0.729. The van der Waals surface area contributed by atoms with Crippen LogP contribution in [-0.2, 0) is 5.41 Å². The molecule has 0 aliphatic rings. The highest BCUT2D eigenvalue weighted by atomic mass is 19.1. The Bertz CT molecular complexity index is 361. The second kappa shape index (κ2) is 6.86. The highest BCUT2D eigenvalue weighted by Gasteiger charge is 2.20. The molecule has 0 atom stereocenters. The SMILES string of the molecule is CC(C)NCCNCC(C)(C)c1cccc(F)c1. The Hall–Kier alpha value is -0.930. The average Bonchev–Trinajstić information content (AvgIpc) is 2.28. The van der Waals surface area contributed by atoms with Crippen LogP contribution >= 0.6 is 0 Å². The summed E-state index contributed by atoms with van der Waals surface area (Å²) in [6.45, 7) is 11.3. The smallest absolute Gasteiger partial charge is 0.123 e. The number of hydrogen-bond donors (Lipinski definition) is 2. The van der Waals surface area contributed by atoms with Crippen LogP contribution in [0.2, 0.25) is 0 Å². The van der Waals surface area contributed by atoms with E-state index in [4.69, 9.17) is 0 Å². The number of halogens is 1. The van der Waals surface area contributed by atoms with E-state index in [0.717, 1.165) is 25.2 Å². The van der Waals surface area contributed by atoms with E-state index in [2.05, 4.69) is 38.3 Å². The van der Waals surface area contributed by atoms with Crippen molar-refractivity contribution in [2.45, 2.75) is 39.2 Å². The zero-order chi connectivity index (χ0) is 13.6. The third-order valence-corrected chi connectivity index (χ3v) is 3.03. The van der Waals surface area contributed by atoms with Crippen LogP contribution in [0.1, 0.15) is 33.3 Å². The molecule has 1 aromatic carbocycles. The van der Waals surface area contributed by atoms with Gasteiger partial charge in [0.1, 0.15) is 5.82 Å². The van der Waals surface area contributed by atoms with Crippen molar-refractivity contribution in [2.75, 3.05) is 19.6 Å². The van der Waals surface area contributed by atoms with Crippen LogP contribution < -0.4 is 10.6 Å². The zero-order valence-corrected chi connectivity index (χ0v) is 11.9. The molecule has 0 amide bonds. The molecule has 0 bridgehead atoms. The van der Waals surface area contributed by atoms with E-state index in [0.29, 0.717) is 6.04 Å². The van der Waals surface area contributed by atoms with Crippen molar-refractivity contribution in [3.8, 4) is 0 Å². The van der Waals surface area contributed by atoms with Gasteiger partial charge in [0.05, 0.1) is 0 Å². The van der Waals surface area contributed by atoms with Crippen LogP contribution in [0.4, 0.5) is 4.39 Å². The van der Waals surface area contributed by atoms with E-state index >= 15 is 0 Å². The van der Waals surface area contributed by atoms with Crippen molar-refractivity contribution >= 4 is 0 Å². The lowest BCUT2D eigenvalue weighted by Crippen LogP contribution is -2.38. The Morgan fingerprint density at radius 1 is 1.22 bits per heavy atom. The molecule has 0 saturated heterocycles. The molecule has 0 radical (unpaired) electrons. The maximum absolute atomic E-state index is 13.2. The van der Waals surface area contributed by atoms with Gasteiger partial charge in [-0.3, -0.25) is 0 Å². The summed E-state index contributed by atoms with van der Waals surface area (Å²) in [5.74, 6) is -0.165. The molecule has 2 N–H and O–H groups in total. The molecular formula is C15H25FN2. The molecule has 0 aromatic heterocycles.